The van der Waals surface area contributed by atoms with E-state index in [9.17, 15) is 9.59 Å². The number of fused-ring (bicyclic) bond motifs is 2. The Kier molecular flexibility index (Phi) is 4.90. The van der Waals surface area contributed by atoms with E-state index in [0.717, 1.165) is 42.0 Å². The van der Waals surface area contributed by atoms with Crippen LogP contribution in [-0.4, -0.2) is 19.0 Å². The maximum atomic E-state index is 12.6. The monoisotopic (exact) mass is 381 g/mol. The maximum absolute atomic E-state index is 12.6. The molecule has 6 heteroatoms. The van der Waals surface area contributed by atoms with Gasteiger partial charge in [-0.3, -0.25) is 4.79 Å². The molecule has 0 spiro atoms. The first kappa shape index (κ1) is 17.7. The average molecular weight is 381 g/mol. The summed E-state index contributed by atoms with van der Waals surface area (Å²) in [5.41, 5.74) is 1.58. The van der Waals surface area contributed by atoms with Crippen molar-refractivity contribution in [1.82, 2.24) is 0 Å². The Balaban J connectivity index is 1.57. The molecule has 0 fully saturated rings. The Morgan fingerprint density at radius 3 is 2.74 bits per heavy atom. The zero-order chi connectivity index (χ0) is 18.8. The number of aromatic nitrogens is 1. The summed E-state index contributed by atoms with van der Waals surface area (Å²) in [5, 5.41) is 5.76. The lowest BCUT2D eigenvalue weighted by Crippen LogP contribution is -2.39. The number of carbonyl (C=O) groups is 2. The second-order valence-electron chi connectivity index (χ2n) is 6.70. The Bertz CT molecular complexity index is 1030. The standard InChI is InChI=1S/C21H20N2O3S/c1-26-21(25)19-16-8-4-5-9-17(16)27-20(19)22-18(24)13-23-11-10-14-6-2-3-7-15(14)12-23/h2-3,6-7,10-12H,4-5,8-9,13H2,1H3/p+1. The third-order valence-electron chi connectivity index (χ3n) is 4.89. The normalized spacial score (nSPS) is 13.2. The van der Waals surface area contributed by atoms with Gasteiger partial charge in [0.05, 0.1) is 12.7 Å². The SMILES string of the molecule is COC(=O)c1c(NC(=O)C[n+]2ccc3ccccc3c2)sc2c1CCCC2. The molecular formula is C21H21N2O3S+. The van der Waals surface area contributed by atoms with Gasteiger partial charge in [-0.15, -0.1) is 11.3 Å². The number of pyridine rings is 1. The fraction of sp³-hybridized carbons (Fsp3) is 0.286. The van der Waals surface area contributed by atoms with Gasteiger partial charge in [-0.2, -0.15) is 4.57 Å². The van der Waals surface area contributed by atoms with Crippen LogP contribution in [-0.2, 0) is 28.9 Å². The van der Waals surface area contributed by atoms with Crippen molar-refractivity contribution in [1.29, 1.82) is 0 Å². The van der Waals surface area contributed by atoms with Crippen molar-refractivity contribution in [3.63, 3.8) is 0 Å². The highest BCUT2D eigenvalue weighted by Gasteiger charge is 2.27. The van der Waals surface area contributed by atoms with Gasteiger partial charge in [0.1, 0.15) is 5.00 Å². The molecular weight excluding hydrogens is 360 g/mol. The number of hydrogen-bond donors (Lipinski definition) is 1. The van der Waals surface area contributed by atoms with E-state index in [-0.39, 0.29) is 18.4 Å². The zero-order valence-corrected chi connectivity index (χ0v) is 16.0. The van der Waals surface area contributed by atoms with Crippen LogP contribution < -0.4 is 9.88 Å². The van der Waals surface area contributed by atoms with E-state index >= 15 is 0 Å². The van der Waals surface area contributed by atoms with Gasteiger partial charge in [0.25, 0.3) is 5.91 Å². The number of aryl methyl sites for hydroxylation is 1. The molecule has 2 aromatic heterocycles. The number of carbonyl (C=O) groups excluding carboxylic acids is 2. The molecule has 1 aromatic carbocycles. The molecule has 4 rings (SSSR count). The molecule has 27 heavy (non-hydrogen) atoms. The van der Waals surface area contributed by atoms with E-state index in [1.807, 2.05) is 47.3 Å². The van der Waals surface area contributed by atoms with Crippen LogP contribution in [0.2, 0.25) is 0 Å². The van der Waals surface area contributed by atoms with Crippen LogP contribution in [0.25, 0.3) is 10.8 Å². The second-order valence-corrected chi connectivity index (χ2v) is 7.81. The lowest BCUT2D eigenvalue weighted by atomic mass is 9.95. The van der Waals surface area contributed by atoms with Crippen LogP contribution in [0.1, 0.15) is 33.6 Å². The molecule has 0 radical (unpaired) electrons. The number of thiophene rings is 1. The molecule has 1 N–H and O–H groups in total. The predicted octanol–water partition coefficient (Wildman–Crippen LogP) is 3.49. The van der Waals surface area contributed by atoms with Gasteiger partial charge in [-0.1, -0.05) is 18.2 Å². The van der Waals surface area contributed by atoms with E-state index in [2.05, 4.69) is 5.32 Å². The number of ether oxygens (including phenoxy) is 1. The van der Waals surface area contributed by atoms with Crippen molar-refractivity contribution in [3.8, 4) is 0 Å². The van der Waals surface area contributed by atoms with Gasteiger partial charge in [-0.25, -0.2) is 4.79 Å². The Labute approximate surface area is 161 Å². The number of methoxy groups -OCH3 is 1. The molecule has 5 nitrogen and oxygen atoms in total. The minimum atomic E-state index is -0.372. The first-order chi connectivity index (χ1) is 13.2. The van der Waals surface area contributed by atoms with Crippen molar-refractivity contribution in [2.24, 2.45) is 0 Å². The highest BCUT2D eigenvalue weighted by molar-refractivity contribution is 7.17. The van der Waals surface area contributed by atoms with Crippen LogP contribution in [0.5, 0.6) is 0 Å². The van der Waals surface area contributed by atoms with Crippen molar-refractivity contribution in [2.45, 2.75) is 32.2 Å². The van der Waals surface area contributed by atoms with Crippen LogP contribution in [0.15, 0.2) is 42.7 Å². The van der Waals surface area contributed by atoms with E-state index in [1.54, 1.807) is 0 Å². The first-order valence-electron chi connectivity index (χ1n) is 9.06. The van der Waals surface area contributed by atoms with Crippen LogP contribution in [0.4, 0.5) is 5.00 Å². The molecule has 0 atom stereocenters. The van der Waals surface area contributed by atoms with E-state index in [1.165, 1.54) is 23.3 Å². The third-order valence-corrected chi connectivity index (χ3v) is 6.09. The number of nitrogens with one attached hydrogen (secondary N) is 1. The third kappa shape index (κ3) is 3.57. The number of anilines is 1. The summed E-state index contributed by atoms with van der Waals surface area (Å²) in [6.07, 6.45) is 7.85. The maximum Gasteiger partial charge on any atom is 0.341 e. The molecule has 0 unspecified atom stereocenters. The molecule has 0 saturated heterocycles. The molecule has 0 aliphatic heterocycles. The summed E-state index contributed by atoms with van der Waals surface area (Å²) >= 11 is 1.51. The molecule has 1 aliphatic carbocycles. The second kappa shape index (κ2) is 7.48. The lowest BCUT2D eigenvalue weighted by molar-refractivity contribution is -0.682. The molecule has 0 saturated carbocycles. The fourth-order valence-electron chi connectivity index (χ4n) is 3.58. The number of esters is 1. The first-order valence-corrected chi connectivity index (χ1v) is 9.88. The average Bonchev–Trinajstić information content (AvgIpc) is 3.04. The van der Waals surface area contributed by atoms with Crippen molar-refractivity contribution < 1.29 is 18.9 Å². The molecule has 1 amide bonds. The Morgan fingerprint density at radius 2 is 1.93 bits per heavy atom. The highest BCUT2D eigenvalue weighted by Crippen LogP contribution is 2.38. The van der Waals surface area contributed by atoms with Crippen LogP contribution in [0.3, 0.4) is 0 Å². The molecule has 2 heterocycles. The summed E-state index contributed by atoms with van der Waals surface area (Å²) in [6, 6.07) is 10.0. The minimum Gasteiger partial charge on any atom is -0.465 e. The van der Waals surface area contributed by atoms with E-state index in [0.29, 0.717) is 10.6 Å². The van der Waals surface area contributed by atoms with Gasteiger partial charge in [0.15, 0.2) is 12.4 Å². The summed E-state index contributed by atoms with van der Waals surface area (Å²) in [4.78, 5) is 26.1. The number of hydrogen-bond acceptors (Lipinski definition) is 4. The molecule has 138 valence electrons. The lowest BCUT2D eigenvalue weighted by Gasteiger charge is -2.11. The van der Waals surface area contributed by atoms with Gasteiger partial charge in [-0.05, 0) is 42.7 Å². The van der Waals surface area contributed by atoms with E-state index < -0.39 is 0 Å². The van der Waals surface area contributed by atoms with Crippen LogP contribution in [0, 0.1) is 0 Å². The molecule has 3 aromatic rings. The largest absolute Gasteiger partial charge is 0.465 e. The fourth-order valence-corrected chi connectivity index (χ4v) is 4.87. The number of rotatable bonds is 4. The van der Waals surface area contributed by atoms with Crippen molar-refractivity contribution in [3.05, 3.63) is 58.7 Å². The number of benzene rings is 1. The number of amides is 1. The summed E-state index contributed by atoms with van der Waals surface area (Å²) in [7, 11) is 1.38. The van der Waals surface area contributed by atoms with Gasteiger partial charge < -0.3 is 10.1 Å². The van der Waals surface area contributed by atoms with Crippen LogP contribution >= 0.6 is 11.3 Å². The summed E-state index contributed by atoms with van der Waals surface area (Å²) < 4.78 is 6.81. The molecule has 1 aliphatic rings. The zero-order valence-electron chi connectivity index (χ0n) is 15.2. The number of nitrogens with zero attached hydrogens (tertiary/aromatic N) is 1. The summed E-state index contributed by atoms with van der Waals surface area (Å²) in [6.45, 7) is 0.189. The van der Waals surface area contributed by atoms with Gasteiger partial charge in [0.2, 0.25) is 6.54 Å². The minimum absolute atomic E-state index is 0.154. The van der Waals surface area contributed by atoms with Crippen molar-refractivity contribution >= 4 is 39.0 Å². The smallest absolute Gasteiger partial charge is 0.341 e. The quantitative estimate of drug-likeness (QED) is 0.556. The Morgan fingerprint density at radius 1 is 1.15 bits per heavy atom. The van der Waals surface area contributed by atoms with Crippen molar-refractivity contribution in [2.75, 3.05) is 12.4 Å². The Hall–Kier alpha value is -2.73. The molecule has 0 bridgehead atoms. The highest BCUT2D eigenvalue weighted by atomic mass is 32.1. The summed E-state index contributed by atoms with van der Waals surface area (Å²) in [5.74, 6) is -0.526. The topological polar surface area (TPSA) is 59.3 Å². The predicted molar refractivity (Wildman–Crippen MR) is 105 cm³/mol. The van der Waals surface area contributed by atoms with Gasteiger partial charge >= 0.3 is 5.97 Å². The van der Waals surface area contributed by atoms with Gasteiger partial charge in [0, 0.05) is 16.3 Å². The van der Waals surface area contributed by atoms with E-state index in [4.69, 9.17) is 4.74 Å².